The summed E-state index contributed by atoms with van der Waals surface area (Å²) >= 11 is 1.81. The van der Waals surface area contributed by atoms with Gasteiger partial charge in [-0.25, -0.2) is 0 Å². The minimum absolute atomic E-state index is 0.863. The lowest BCUT2D eigenvalue weighted by Gasteiger charge is -2.20. The highest BCUT2D eigenvalue weighted by Gasteiger charge is 2.17. The maximum absolute atomic E-state index is 6.49. The van der Waals surface area contributed by atoms with E-state index in [0.717, 1.165) is 39.1 Å². The van der Waals surface area contributed by atoms with Crippen molar-refractivity contribution < 1.29 is 4.42 Å². The van der Waals surface area contributed by atoms with Gasteiger partial charge in [0.15, 0.2) is 11.2 Å². The number of hydrogen-bond acceptors (Lipinski definition) is 2. The van der Waals surface area contributed by atoms with Crippen LogP contribution in [0.4, 0.5) is 0 Å². The maximum atomic E-state index is 6.49. The molecule has 0 saturated carbocycles. The van der Waals surface area contributed by atoms with Gasteiger partial charge in [0.2, 0.25) is 0 Å². The van der Waals surface area contributed by atoms with Crippen molar-refractivity contribution in [3.63, 3.8) is 0 Å². The van der Waals surface area contributed by atoms with Crippen LogP contribution in [-0.2, 0) is 0 Å². The van der Waals surface area contributed by atoms with Crippen LogP contribution >= 0.6 is 11.3 Å². The van der Waals surface area contributed by atoms with Crippen LogP contribution in [-0.4, -0.2) is 9.13 Å². The number of fused-ring (bicyclic) bond motifs is 5. The molecule has 0 fully saturated rings. The number of aryl methyl sites for hydroxylation is 2. The fourth-order valence-corrected chi connectivity index (χ4v) is 6.17. The minimum Gasteiger partial charge on any atom is -0.453 e. The Kier molecular flexibility index (Phi) is 4.76. The van der Waals surface area contributed by atoms with E-state index in [-0.39, 0.29) is 0 Å². The molecule has 0 radical (unpaired) electrons. The first-order valence-corrected chi connectivity index (χ1v) is 12.9. The molecule has 36 heavy (non-hydrogen) atoms. The monoisotopic (exact) mass is 484 g/mol. The Balaban J connectivity index is 1.72. The Morgan fingerprint density at radius 3 is 1.86 bits per heavy atom. The van der Waals surface area contributed by atoms with Crippen LogP contribution in [0.5, 0.6) is 0 Å². The molecule has 0 aliphatic rings. The number of hydrogen-bond donors (Lipinski definition) is 0. The number of benzene rings is 5. The molecule has 0 aliphatic carbocycles. The third-order valence-corrected chi connectivity index (χ3v) is 7.94. The second-order valence-corrected chi connectivity index (χ2v) is 10.3. The summed E-state index contributed by atoms with van der Waals surface area (Å²) < 4.78 is 13.6. The van der Waals surface area contributed by atoms with E-state index >= 15 is 0 Å². The molecule has 0 amide bonds. The van der Waals surface area contributed by atoms with E-state index in [1.807, 2.05) is 23.5 Å². The van der Waals surface area contributed by atoms with Crippen molar-refractivity contribution in [3.8, 4) is 11.4 Å². The van der Waals surface area contributed by atoms with E-state index in [9.17, 15) is 0 Å². The normalized spacial score (nSPS) is 11.6. The fourth-order valence-electron chi connectivity index (χ4n) is 4.98. The SMILES string of the molecule is Cc1ccc(-n2c3ccccc3sc3c2ccc2oc4ccccc4n(-c4ccc(C)cc4)c23)cc1. The molecule has 7 aromatic rings. The molecule has 2 heterocycles. The van der Waals surface area contributed by atoms with Crippen molar-refractivity contribution in [1.29, 1.82) is 0 Å². The van der Waals surface area contributed by atoms with Gasteiger partial charge in [0, 0.05) is 11.4 Å². The second-order valence-electron chi connectivity index (χ2n) is 9.24. The number of para-hydroxylation sites is 3. The van der Waals surface area contributed by atoms with Crippen molar-refractivity contribution in [1.82, 2.24) is 9.13 Å². The first-order valence-electron chi connectivity index (χ1n) is 12.1. The predicted octanol–water partition coefficient (Wildman–Crippen LogP) is 9.28. The van der Waals surface area contributed by atoms with Crippen molar-refractivity contribution in [2.45, 2.75) is 13.8 Å². The van der Waals surface area contributed by atoms with Gasteiger partial charge in [-0.15, -0.1) is 11.3 Å². The van der Waals surface area contributed by atoms with Gasteiger partial charge >= 0.3 is 0 Å². The summed E-state index contributed by atoms with van der Waals surface area (Å²) in [6.45, 7) is 4.25. The van der Waals surface area contributed by atoms with Crippen molar-refractivity contribution >= 4 is 54.0 Å². The fraction of sp³-hybridized carbons (Fsp3) is 0.0625. The van der Waals surface area contributed by atoms with Gasteiger partial charge in [0.1, 0.15) is 5.52 Å². The van der Waals surface area contributed by atoms with Crippen LogP contribution in [0.25, 0.3) is 54.0 Å². The third kappa shape index (κ3) is 3.26. The summed E-state index contributed by atoms with van der Waals surface area (Å²) in [5, 5.41) is 0. The van der Waals surface area contributed by atoms with Crippen molar-refractivity contribution in [2.24, 2.45) is 0 Å². The molecule has 5 aromatic carbocycles. The minimum atomic E-state index is 0.863. The van der Waals surface area contributed by atoms with Crippen molar-refractivity contribution in [2.75, 3.05) is 0 Å². The van der Waals surface area contributed by atoms with Crippen LogP contribution in [0.3, 0.4) is 0 Å². The number of aromatic nitrogens is 2. The van der Waals surface area contributed by atoms with E-state index < -0.39 is 0 Å². The summed E-state index contributed by atoms with van der Waals surface area (Å²) in [4.78, 5) is 0. The number of nitrogens with zero attached hydrogens (tertiary/aromatic N) is 2. The Morgan fingerprint density at radius 2 is 1.14 bits per heavy atom. The third-order valence-electron chi connectivity index (χ3n) is 6.77. The molecule has 3 nitrogen and oxygen atoms in total. The highest BCUT2D eigenvalue weighted by molar-refractivity contribution is 7.25. The van der Waals surface area contributed by atoms with Gasteiger partial charge in [0.25, 0.3) is 0 Å². The van der Waals surface area contributed by atoms with Gasteiger partial charge in [-0.2, -0.15) is 0 Å². The molecule has 0 N–H and O–H groups in total. The summed E-state index contributed by atoms with van der Waals surface area (Å²) in [5.41, 5.74) is 10.9. The molecule has 0 unspecified atom stereocenters. The van der Waals surface area contributed by atoms with E-state index in [2.05, 4.69) is 120 Å². The summed E-state index contributed by atoms with van der Waals surface area (Å²) in [5.74, 6) is 0. The molecular weight excluding hydrogens is 460 g/mol. The van der Waals surface area contributed by atoms with E-state index in [1.165, 1.54) is 26.0 Å². The molecule has 4 heteroatoms. The van der Waals surface area contributed by atoms with Gasteiger partial charge in [-0.3, -0.25) is 0 Å². The van der Waals surface area contributed by atoms with Crippen LogP contribution in [0.1, 0.15) is 11.1 Å². The highest BCUT2D eigenvalue weighted by atomic mass is 32.1. The maximum Gasteiger partial charge on any atom is 0.153 e. The first-order chi connectivity index (χ1) is 17.7. The zero-order valence-corrected chi connectivity index (χ0v) is 20.9. The second kappa shape index (κ2) is 8.14. The molecule has 0 atom stereocenters. The van der Waals surface area contributed by atoms with E-state index in [1.54, 1.807) is 0 Å². The Hall–Kier alpha value is -4.28. The van der Waals surface area contributed by atoms with Gasteiger partial charge < -0.3 is 13.6 Å². The van der Waals surface area contributed by atoms with Crippen LogP contribution in [0.2, 0.25) is 0 Å². The van der Waals surface area contributed by atoms with E-state index in [0.29, 0.717) is 0 Å². The average Bonchev–Trinajstić information content (AvgIpc) is 2.91. The zero-order valence-electron chi connectivity index (χ0n) is 20.1. The lowest BCUT2D eigenvalue weighted by atomic mass is 10.1. The summed E-state index contributed by atoms with van der Waals surface area (Å²) in [7, 11) is 0. The largest absolute Gasteiger partial charge is 0.453 e. The van der Waals surface area contributed by atoms with Gasteiger partial charge in [0.05, 0.1) is 25.9 Å². The smallest absolute Gasteiger partial charge is 0.153 e. The van der Waals surface area contributed by atoms with Crippen LogP contribution < -0.4 is 0 Å². The molecule has 0 spiro atoms. The molecule has 2 aromatic heterocycles. The number of rotatable bonds is 2. The van der Waals surface area contributed by atoms with Crippen LogP contribution in [0.15, 0.2) is 114 Å². The van der Waals surface area contributed by atoms with Crippen LogP contribution in [0, 0.1) is 13.8 Å². The molecule has 174 valence electrons. The lowest BCUT2D eigenvalue weighted by molar-refractivity contribution is 0.654. The quantitative estimate of drug-likeness (QED) is 0.177. The average molecular weight is 485 g/mol. The Labute approximate surface area is 212 Å². The molecule has 0 aliphatic heterocycles. The Bertz CT molecular complexity index is 1950. The molecule has 0 bridgehead atoms. The Morgan fingerprint density at radius 1 is 0.528 bits per heavy atom. The summed E-state index contributed by atoms with van der Waals surface area (Å²) in [6.07, 6.45) is 0. The molecule has 0 saturated heterocycles. The lowest BCUT2D eigenvalue weighted by Crippen LogP contribution is -2.03. The first kappa shape index (κ1) is 21.0. The van der Waals surface area contributed by atoms with Gasteiger partial charge in [-0.1, -0.05) is 59.7 Å². The van der Waals surface area contributed by atoms with Crippen molar-refractivity contribution in [3.05, 3.63) is 120 Å². The van der Waals surface area contributed by atoms with Gasteiger partial charge in [-0.05, 0) is 74.5 Å². The highest BCUT2D eigenvalue weighted by Crippen LogP contribution is 2.38. The predicted molar refractivity (Wildman–Crippen MR) is 152 cm³/mol. The topological polar surface area (TPSA) is 23.0 Å². The molecule has 7 rings (SSSR count). The standard InChI is InChI=1S/C32H24N2OS/c1-21-11-15-23(16-12-21)33-26-8-4-6-10-30(26)36-32-27(33)19-20-29-31(32)34(24-17-13-22(2)14-18-24)25-7-3-5-9-28(25)35-29/h3-20H,1-2H3. The van der Waals surface area contributed by atoms with E-state index in [4.69, 9.17) is 4.42 Å². The molecular formula is C32H24N2OS. The zero-order chi connectivity index (χ0) is 24.2. The summed E-state index contributed by atoms with van der Waals surface area (Å²) in [6, 6.07) is 38.7.